The average Bonchev–Trinajstić information content (AvgIpc) is 2.34. The molecule has 112 valence electrons. The van der Waals surface area contributed by atoms with Gasteiger partial charge in [-0.1, -0.05) is 0 Å². The van der Waals surface area contributed by atoms with Crippen LogP contribution in [0.2, 0.25) is 0 Å². The van der Waals surface area contributed by atoms with Crippen LogP contribution in [0.4, 0.5) is 13.2 Å². The predicted octanol–water partition coefficient (Wildman–Crippen LogP) is 1.68. The van der Waals surface area contributed by atoms with Crippen molar-refractivity contribution in [2.45, 2.75) is 43.9 Å². The average molecular weight is 279 g/mol. The molecule has 6 heteroatoms. The van der Waals surface area contributed by atoms with Crippen molar-refractivity contribution in [2.24, 2.45) is 11.7 Å². The van der Waals surface area contributed by atoms with Crippen molar-refractivity contribution in [3.63, 3.8) is 0 Å². The second kappa shape index (κ2) is 5.97. The van der Waals surface area contributed by atoms with Crippen LogP contribution < -0.4 is 5.73 Å². The molecule has 2 rings (SSSR count). The number of piperidine rings is 2. The third-order valence-corrected chi connectivity index (χ3v) is 4.64. The van der Waals surface area contributed by atoms with Gasteiger partial charge in [-0.2, -0.15) is 13.2 Å². The fourth-order valence-corrected chi connectivity index (χ4v) is 3.67. The van der Waals surface area contributed by atoms with E-state index >= 15 is 0 Å². The summed E-state index contributed by atoms with van der Waals surface area (Å²) in [6, 6.07) is -0.887. The summed E-state index contributed by atoms with van der Waals surface area (Å²) in [7, 11) is 2.09. The molecule has 2 saturated heterocycles. The molecule has 3 unspecified atom stereocenters. The molecule has 0 aromatic carbocycles. The molecule has 2 aliphatic rings. The lowest BCUT2D eigenvalue weighted by Gasteiger charge is -2.48. The van der Waals surface area contributed by atoms with Crippen LogP contribution in [-0.2, 0) is 0 Å². The number of hydrogen-bond acceptors (Lipinski definition) is 3. The Hall–Kier alpha value is -0.330. The van der Waals surface area contributed by atoms with E-state index in [9.17, 15) is 13.2 Å². The van der Waals surface area contributed by atoms with Crippen molar-refractivity contribution in [1.82, 2.24) is 9.80 Å². The van der Waals surface area contributed by atoms with Gasteiger partial charge in [0.05, 0.1) is 0 Å². The van der Waals surface area contributed by atoms with Crippen LogP contribution in [0.3, 0.4) is 0 Å². The SMILES string of the molecule is CN1CCCC2CN(C(CCN)C(F)(F)F)CCC21. The highest BCUT2D eigenvalue weighted by Crippen LogP contribution is 2.34. The summed E-state index contributed by atoms with van der Waals surface area (Å²) >= 11 is 0. The molecule has 0 radical (unpaired) electrons. The lowest BCUT2D eigenvalue weighted by atomic mass is 9.83. The van der Waals surface area contributed by atoms with Crippen LogP contribution in [0.1, 0.15) is 25.7 Å². The maximum Gasteiger partial charge on any atom is 0.404 e. The standard InChI is InChI=1S/C13H24F3N3/c1-18-7-2-3-10-9-19(8-5-11(10)18)12(4-6-17)13(14,15)16/h10-12H,2-9,17H2,1H3. The number of rotatable bonds is 3. The third-order valence-electron chi connectivity index (χ3n) is 4.64. The Morgan fingerprint density at radius 2 is 2.00 bits per heavy atom. The topological polar surface area (TPSA) is 32.5 Å². The van der Waals surface area contributed by atoms with Gasteiger partial charge in [0.25, 0.3) is 0 Å². The van der Waals surface area contributed by atoms with Crippen LogP contribution in [0.25, 0.3) is 0 Å². The van der Waals surface area contributed by atoms with E-state index in [0.29, 0.717) is 25.0 Å². The molecular weight excluding hydrogens is 255 g/mol. The second-order valence-corrected chi connectivity index (χ2v) is 5.87. The maximum absolute atomic E-state index is 13.1. The number of halogens is 3. The van der Waals surface area contributed by atoms with Gasteiger partial charge in [0.15, 0.2) is 0 Å². The highest BCUT2D eigenvalue weighted by Gasteiger charge is 2.46. The minimum Gasteiger partial charge on any atom is -0.330 e. The summed E-state index contributed by atoms with van der Waals surface area (Å²) in [6.45, 7) is 2.27. The summed E-state index contributed by atoms with van der Waals surface area (Å²) in [4.78, 5) is 3.93. The van der Waals surface area contributed by atoms with E-state index in [4.69, 9.17) is 5.73 Å². The largest absolute Gasteiger partial charge is 0.404 e. The van der Waals surface area contributed by atoms with Gasteiger partial charge in [-0.25, -0.2) is 0 Å². The zero-order valence-corrected chi connectivity index (χ0v) is 11.5. The molecule has 3 nitrogen and oxygen atoms in total. The van der Waals surface area contributed by atoms with Crippen molar-refractivity contribution in [3.8, 4) is 0 Å². The van der Waals surface area contributed by atoms with Gasteiger partial charge in [-0.15, -0.1) is 0 Å². The zero-order chi connectivity index (χ0) is 14.0. The molecule has 2 heterocycles. The number of hydrogen-bond donors (Lipinski definition) is 1. The summed E-state index contributed by atoms with van der Waals surface area (Å²) < 4.78 is 39.3. The van der Waals surface area contributed by atoms with E-state index in [-0.39, 0.29) is 13.0 Å². The molecule has 0 saturated carbocycles. The molecule has 0 aromatic rings. The molecule has 0 aliphatic carbocycles. The maximum atomic E-state index is 13.1. The first-order valence-corrected chi connectivity index (χ1v) is 7.14. The smallest absolute Gasteiger partial charge is 0.330 e. The highest BCUT2D eigenvalue weighted by molar-refractivity contribution is 4.92. The predicted molar refractivity (Wildman–Crippen MR) is 68.8 cm³/mol. The van der Waals surface area contributed by atoms with Crippen molar-refractivity contribution >= 4 is 0 Å². The van der Waals surface area contributed by atoms with Crippen LogP contribution in [-0.4, -0.2) is 61.3 Å². The van der Waals surface area contributed by atoms with Crippen LogP contribution >= 0.6 is 0 Å². The second-order valence-electron chi connectivity index (χ2n) is 5.87. The normalized spacial score (nSPS) is 32.1. The molecule has 2 fully saturated rings. The lowest BCUT2D eigenvalue weighted by Crippen LogP contribution is -2.57. The first-order chi connectivity index (χ1) is 8.93. The summed E-state index contributed by atoms with van der Waals surface area (Å²) in [5.74, 6) is 0.384. The van der Waals surface area contributed by atoms with Crippen molar-refractivity contribution in [1.29, 1.82) is 0 Å². The van der Waals surface area contributed by atoms with Gasteiger partial charge in [0.2, 0.25) is 0 Å². The third kappa shape index (κ3) is 3.41. The fraction of sp³-hybridized carbons (Fsp3) is 1.00. The van der Waals surface area contributed by atoms with E-state index < -0.39 is 12.2 Å². The molecule has 0 bridgehead atoms. The highest BCUT2D eigenvalue weighted by atomic mass is 19.4. The van der Waals surface area contributed by atoms with Crippen LogP contribution in [0, 0.1) is 5.92 Å². The van der Waals surface area contributed by atoms with Gasteiger partial charge in [0.1, 0.15) is 6.04 Å². The molecule has 0 aromatic heterocycles. The van der Waals surface area contributed by atoms with Gasteiger partial charge in [-0.05, 0) is 51.7 Å². The van der Waals surface area contributed by atoms with Crippen molar-refractivity contribution in [3.05, 3.63) is 0 Å². The fourth-order valence-electron chi connectivity index (χ4n) is 3.67. The Morgan fingerprint density at radius 1 is 1.26 bits per heavy atom. The molecule has 2 N–H and O–H groups in total. The number of nitrogens with two attached hydrogens (primary N) is 1. The molecular formula is C13H24F3N3. The van der Waals surface area contributed by atoms with E-state index in [1.807, 2.05) is 0 Å². The minimum absolute atomic E-state index is 0.0106. The van der Waals surface area contributed by atoms with Gasteiger partial charge < -0.3 is 10.6 Å². The quantitative estimate of drug-likeness (QED) is 0.853. The Balaban J connectivity index is 2.02. The Labute approximate surface area is 112 Å². The number of fused-ring (bicyclic) bond motifs is 1. The molecule has 0 spiro atoms. The zero-order valence-electron chi connectivity index (χ0n) is 11.5. The van der Waals surface area contributed by atoms with Gasteiger partial charge in [-0.3, -0.25) is 4.90 Å². The van der Waals surface area contributed by atoms with Crippen LogP contribution in [0.15, 0.2) is 0 Å². The summed E-state index contributed by atoms with van der Waals surface area (Å²) in [5, 5.41) is 0. The number of nitrogens with zero attached hydrogens (tertiary/aromatic N) is 2. The number of likely N-dealkylation sites (tertiary alicyclic amines) is 2. The minimum atomic E-state index is -4.16. The summed E-state index contributed by atoms with van der Waals surface area (Å²) in [6.07, 6.45) is -1.15. The molecule has 2 aliphatic heterocycles. The Bertz CT molecular complexity index is 295. The summed E-state index contributed by atoms with van der Waals surface area (Å²) in [5.41, 5.74) is 5.35. The van der Waals surface area contributed by atoms with Crippen molar-refractivity contribution in [2.75, 3.05) is 33.2 Å². The first-order valence-electron chi connectivity index (χ1n) is 7.14. The van der Waals surface area contributed by atoms with Gasteiger partial charge in [0, 0.05) is 19.1 Å². The van der Waals surface area contributed by atoms with E-state index in [1.165, 1.54) is 0 Å². The molecule has 19 heavy (non-hydrogen) atoms. The van der Waals surface area contributed by atoms with Crippen LogP contribution in [0.5, 0.6) is 0 Å². The van der Waals surface area contributed by atoms with E-state index in [1.54, 1.807) is 4.90 Å². The molecule has 3 atom stereocenters. The Kier molecular flexibility index (Phi) is 4.74. The molecule has 0 amide bonds. The Morgan fingerprint density at radius 3 is 2.63 bits per heavy atom. The monoisotopic (exact) mass is 279 g/mol. The van der Waals surface area contributed by atoms with E-state index in [0.717, 1.165) is 25.8 Å². The van der Waals surface area contributed by atoms with Crippen molar-refractivity contribution < 1.29 is 13.2 Å². The van der Waals surface area contributed by atoms with E-state index in [2.05, 4.69) is 11.9 Å². The lowest BCUT2D eigenvalue weighted by molar-refractivity contribution is -0.192. The first kappa shape index (κ1) is 15.1. The van der Waals surface area contributed by atoms with Gasteiger partial charge >= 0.3 is 6.18 Å². The number of alkyl halides is 3.